The Balaban J connectivity index is 2.06. The van der Waals surface area contributed by atoms with Crippen molar-refractivity contribution in [3.63, 3.8) is 0 Å². The van der Waals surface area contributed by atoms with Crippen molar-refractivity contribution in [2.24, 2.45) is 0 Å². The van der Waals surface area contributed by atoms with Gasteiger partial charge in [-0.05, 0) is 43.5 Å². The number of aromatic nitrogens is 2. The number of nitrogens with one attached hydrogen (secondary N) is 2. The number of aliphatic hydroxyl groups is 1. The molecule has 0 aliphatic carbocycles. The standard InChI is InChI=1S/C19H15F2N5O2S/c1-19(2,28)12-7-13(20)17(24-18(27)10-5-6-29-9-10)15(21)16(12)23-14-4-3-11(8-22)25-26-14/h3-7,9,28H,1-2H3,(H,23,26)(H,24,27). The van der Waals surface area contributed by atoms with Gasteiger partial charge in [-0.2, -0.15) is 16.6 Å². The van der Waals surface area contributed by atoms with E-state index >= 15 is 4.39 Å². The van der Waals surface area contributed by atoms with E-state index in [1.165, 1.54) is 43.4 Å². The molecule has 1 amide bonds. The molecule has 0 aliphatic heterocycles. The van der Waals surface area contributed by atoms with Crippen LogP contribution in [0.3, 0.4) is 0 Å². The van der Waals surface area contributed by atoms with Gasteiger partial charge in [-0.25, -0.2) is 8.78 Å². The first-order valence-corrected chi connectivity index (χ1v) is 9.24. The molecule has 0 bridgehead atoms. The quantitative estimate of drug-likeness (QED) is 0.583. The molecule has 0 saturated heterocycles. The van der Waals surface area contributed by atoms with E-state index in [1.54, 1.807) is 16.8 Å². The van der Waals surface area contributed by atoms with Gasteiger partial charge in [0.05, 0.1) is 16.9 Å². The number of rotatable bonds is 5. The summed E-state index contributed by atoms with van der Waals surface area (Å²) in [6.45, 7) is 2.72. The van der Waals surface area contributed by atoms with Crippen LogP contribution in [0.4, 0.5) is 26.0 Å². The number of anilines is 3. The number of carbonyl (C=O) groups excluding carboxylic acids is 1. The molecule has 3 aromatic rings. The third kappa shape index (κ3) is 4.37. The van der Waals surface area contributed by atoms with Crippen LogP contribution >= 0.6 is 11.3 Å². The van der Waals surface area contributed by atoms with Crippen molar-refractivity contribution < 1.29 is 18.7 Å². The average Bonchev–Trinajstić information content (AvgIpc) is 3.21. The van der Waals surface area contributed by atoms with Crippen molar-refractivity contribution in [1.82, 2.24) is 10.2 Å². The smallest absolute Gasteiger partial charge is 0.256 e. The van der Waals surface area contributed by atoms with E-state index in [0.717, 1.165) is 6.07 Å². The minimum Gasteiger partial charge on any atom is -0.386 e. The van der Waals surface area contributed by atoms with Crippen molar-refractivity contribution in [1.29, 1.82) is 5.26 Å². The lowest BCUT2D eigenvalue weighted by atomic mass is 9.95. The maximum Gasteiger partial charge on any atom is 0.256 e. The van der Waals surface area contributed by atoms with Gasteiger partial charge in [0.2, 0.25) is 0 Å². The summed E-state index contributed by atoms with van der Waals surface area (Å²) in [4.78, 5) is 12.2. The number of carbonyl (C=O) groups is 1. The van der Waals surface area contributed by atoms with E-state index in [1.807, 2.05) is 0 Å². The molecule has 0 fully saturated rings. The molecule has 148 valence electrons. The summed E-state index contributed by atoms with van der Waals surface area (Å²) >= 11 is 1.27. The highest BCUT2D eigenvalue weighted by molar-refractivity contribution is 7.08. The first-order chi connectivity index (χ1) is 13.7. The van der Waals surface area contributed by atoms with Crippen LogP contribution in [0.15, 0.2) is 35.0 Å². The van der Waals surface area contributed by atoms with Gasteiger partial charge in [0.1, 0.15) is 17.6 Å². The zero-order chi connectivity index (χ0) is 21.2. The highest BCUT2D eigenvalue weighted by Gasteiger charge is 2.28. The predicted octanol–water partition coefficient (Wildman–Crippen LogP) is 3.91. The van der Waals surface area contributed by atoms with Crippen LogP contribution in [-0.4, -0.2) is 21.2 Å². The van der Waals surface area contributed by atoms with Crippen molar-refractivity contribution in [2.45, 2.75) is 19.4 Å². The Morgan fingerprint density at radius 1 is 1.24 bits per heavy atom. The molecule has 0 atom stereocenters. The zero-order valence-electron chi connectivity index (χ0n) is 15.3. The second kappa shape index (κ2) is 7.90. The lowest BCUT2D eigenvalue weighted by Crippen LogP contribution is -2.21. The molecule has 1 aromatic carbocycles. The lowest BCUT2D eigenvalue weighted by Gasteiger charge is -2.24. The minimum atomic E-state index is -1.61. The van der Waals surface area contributed by atoms with Gasteiger partial charge in [0.15, 0.2) is 17.3 Å². The largest absolute Gasteiger partial charge is 0.386 e. The Morgan fingerprint density at radius 3 is 2.55 bits per heavy atom. The SMILES string of the molecule is CC(C)(O)c1cc(F)c(NC(=O)c2ccsc2)c(F)c1Nc1ccc(C#N)nn1. The fourth-order valence-electron chi connectivity index (χ4n) is 2.50. The summed E-state index contributed by atoms with van der Waals surface area (Å²) in [5.41, 5.74) is -2.33. The van der Waals surface area contributed by atoms with Gasteiger partial charge in [-0.3, -0.25) is 4.79 Å². The van der Waals surface area contributed by atoms with Crippen LogP contribution in [-0.2, 0) is 5.60 Å². The molecule has 2 aromatic heterocycles. The molecule has 0 spiro atoms. The molecule has 0 saturated carbocycles. The van der Waals surface area contributed by atoms with E-state index in [4.69, 9.17) is 5.26 Å². The molecule has 10 heteroatoms. The Kier molecular flexibility index (Phi) is 5.54. The second-order valence-electron chi connectivity index (χ2n) is 6.54. The minimum absolute atomic E-state index is 0.0570. The summed E-state index contributed by atoms with van der Waals surface area (Å²) in [6.07, 6.45) is 0. The fraction of sp³-hybridized carbons (Fsp3) is 0.158. The third-order valence-electron chi connectivity index (χ3n) is 3.93. The van der Waals surface area contributed by atoms with Crippen molar-refractivity contribution in [3.8, 4) is 6.07 Å². The van der Waals surface area contributed by atoms with Gasteiger partial charge in [-0.15, -0.1) is 10.2 Å². The number of hydrogen-bond acceptors (Lipinski definition) is 7. The van der Waals surface area contributed by atoms with Gasteiger partial charge in [-0.1, -0.05) is 0 Å². The van der Waals surface area contributed by atoms with Gasteiger partial charge < -0.3 is 15.7 Å². The van der Waals surface area contributed by atoms with E-state index in [-0.39, 0.29) is 28.3 Å². The van der Waals surface area contributed by atoms with E-state index in [2.05, 4.69) is 20.8 Å². The lowest BCUT2D eigenvalue weighted by molar-refractivity contribution is 0.0787. The molecule has 29 heavy (non-hydrogen) atoms. The van der Waals surface area contributed by atoms with E-state index in [9.17, 15) is 14.3 Å². The Labute approximate surface area is 168 Å². The number of thiophene rings is 1. The van der Waals surface area contributed by atoms with Crippen LogP contribution in [0.25, 0.3) is 0 Å². The number of nitrogens with zero attached hydrogens (tertiary/aromatic N) is 3. The Hall–Kier alpha value is -3.42. The highest BCUT2D eigenvalue weighted by atomic mass is 32.1. The first-order valence-electron chi connectivity index (χ1n) is 8.30. The molecule has 0 unspecified atom stereocenters. The highest BCUT2D eigenvalue weighted by Crippen LogP contribution is 2.37. The van der Waals surface area contributed by atoms with E-state index < -0.39 is 28.8 Å². The first kappa shape index (κ1) is 20.3. The molecular formula is C19H15F2N5O2S. The monoisotopic (exact) mass is 415 g/mol. The molecule has 3 N–H and O–H groups in total. The average molecular weight is 415 g/mol. The van der Waals surface area contributed by atoms with Crippen LogP contribution in [0.5, 0.6) is 0 Å². The predicted molar refractivity (Wildman–Crippen MR) is 104 cm³/mol. The number of halogens is 2. The molecule has 7 nitrogen and oxygen atoms in total. The normalized spacial score (nSPS) is 11.0. The van der Waals surface area contributed by atoms with E-state index in [0.29, 0.717) is 0 Å². The van der Waals surface area contributed by atoms with Crippen LogP contribution in [0.1, 0.15) is 35.5 Å². The Morgan fingerprint density at radius 2 is 2.00 bits per heavy atom. The van der Waals surface area contributed by atoms with Crippen molar-refractivity contribution in [3.05, 3.63) is 63.5 Å². The number of benzene rings is 1. The number of hydrogen-bond donors (Lipinski definition) is 3. The summed E-state index contributed by atoms with van der Waals surface area (Å²) < 4.78 is 29.8. The van der Waals surface area contributed by atoms with Crippen molar-refractivity contribution >= 4 is 34.4 Å². The zero-order valence-corrected chi connectivity index (χ0v) is 16.1. The second-order valence-corrected chi connectivity index (χ2v) is 7.32. The number of nitriles is 1. The Bertz CT molecular complexity index is 1090. The molecule has 0 aliphatic rings. The van der Waals surface area contributed by atoms with Crippen LogP contribution in [0, 0.1) is 23.0 Å². The number of amides is 1. The summed E-state index contributed by atoms with van der Waals surface area (Å²) in [5, 5.41) is 34.6. The molecule has 3 rings (SSSR count). The van der Waals surface area contributed by atoms with Crippen LogP contribution < -0.4 is 10.6 Å². The topological polar surface area (TPSA) is 111 Å². The molecule has 2 heterocycles. The maximum absolute atomic E-state index is 15.2. The maximum atomic E-state index is 15.2. The molecule has 0 radical (unpaired) electrons. The summed E-state index contributed by atoms with van der Waals surface area (Å²) in [7, 11) is 0. The van der Waals surface area contributed by atoms with Gasteiger partial charge in [0, 0.05) is 10.9 Å². The summed E-state index contributed by atoms with van der Waals surface area (Å²) in [6, 6.07) is 7.00. The van der Waals surface area contributed by atoms with Gasteiger partial charge >= 0.3 is 0 Å². The van der Waals surface area contributed by atoms with Crippen molar-refractivity contribution in [2.75, 3.05) is 10.6 Å². The fourth-order valence-corrected chi connectivity index (χ4v) is 3.14. The third-order valence-corrected chi connectivity index (χ3v) is 4.61. The van der Waals surface area contributed by atoms with Crippen LogP contribution in [0.2, 0.25) is 0 Å². The molecular weight excluding hydrogens is 400 g/mol. The summed E-state index contributed by atoms with van der Waals surface area (Å²) in [5.74, 6) is -2.77. The van der Waals surface area contributed by atoms with Gasteiger partial charge in [0.25, 0.3) is 5.91 Å².